The van der Waals surface area contributed by atoms with Crippen LogP contribution in [0.2, 0.25) is 0 Å². The Morgan fingerprint density at radius 1 is 1.08 bits per heavy atom. The molecule has 0 spiro atoms. The molecule has 1 fully saturated rings. The number of nitrogens with one attached hydrogen (secondary N) is 1. The van der Waals surface area contributed by atoms with E-state index < -0.39 is 0 Å². The summed E-state index contributed by atoms with van der Waals surface area (Å²) in [5.74, 6) is 0.0550. The number of benzene rings is 1. The molecule has 1 aromatic heterocycles. The summed E-state index contributed by atoms with van der Waals surface area (Å²) in [5, 5.41) is 2.99. The third-order valence-electron chi connectivity index (χ3n) is 4.49. The van der Waals surface area contributed by atoms with Crippen LogP contribution in [0, 0.1) is 0 Å². The molecule has 1 atom stereocenters. The summed E-state index contributed by atoms with van der Waals surface area (Å²) in [5.41, 5.74) is 1.95. The first-order chi connectivity index (χ1) is 11.7. The molecule has 2 heterocycles. The average molecular weight is 324 g/mol. The van der Waals surface area contributed by atoms with Gasteiger partial charge in [0.25, 0.3) is 0 Å². The maximum absolute atomic E-state index is 12.4. The van der Waals surface area contributed by atoms with Crippen molar-refractivity contribution in [1.29, 1.82) is 0 Å². The summed E-state index contributed by atoms with van der Waals surface area (Å²) in [6, 6.07) is 15.5. The number of para-hydroxylation sites is 1. The van der Waals surface area contributed by atoms with Crippen LogP contribution in [0.4, 0.5) is 5.69 Å². The number of nitrogens with zero attached hydrogens (tertiary/aromatic N) is 3. The van der Waals surface area contributed by atoms with Crippen molar-refractivity contribution in [2.75, 3.05) is 31.5 Å². The highest BCUT2D eigenvalue weighted by atomic mass is 16.2. The topological polar surface area (TPSA) is 48.5 Å². The van der Waals surface area contributed by atoms with Gasteiger partial charge in [0.2, 0.25) is 5.91 Å². The molecular formula is C19H24N4O. The molecule has 1 aliphatic heterocycles. The predicted octanol–water partition coefficient (Wildman–Crippen LogP) is 2.23. The number of piperazine rings is 1. The minimum absolute atomic E-state index is 0.0550. The number of hydrogen-bond acceptors (Lipinski definition) is 4. The summed E-state index contributed by atoms with van der Waals surface area (Å²) in [6.45, 7) is 6.57. The van der Waals surface area contributed by atoms with E-state index in [-0.39, 0.29) is 11.9 Å². The lowest BCUT2D eigenvalue weighted by atomic mass is 10.2. The van der Waals surface area contributed by atoms with Crippen LogP contribution in [-0.4, -0.2) is 52.9 Å². The molecule has 5 heteroatoms. The van der Waals surface area contributed by atoms with Gasteiger partial charge in [0.15, 0.2) is 0 Å². The number of aromatic nitrogens is 1. The molecule has 1 amide bonds. The van der Waals surface area contributed by atoms with E-state index in [1.807, 2.05) is 55.6 Å². The van der Waals surface area contributed by atoms with Crippen LogP contribution in [0.1, 0.15) is 12.6 Å². The van der Waals surface area contributed by atoms with Gasteiger partial charge in [-0.25, -0.2) is 0 Å². The summed E-state index contributed by atoms with van der Waals surface area (Å²) in [4.78, 5) is 21.4. The molecule has 1 saturated heterocycles. The quantitative estimate of drug-likeness (QED) is 0.916. The Balaban J connectivity index is 1.48. The zero-order valence-corrected chi connectivity index (χ0v) is 14.1. The standard InChI is InChI=1S/C19H24N4O/c1-16(19(24)21-17-7-3-2-4-8-17)23-13-11-22(12-14-23)15-18-9-5-6-10-20-18/h2-10,16H,11-15H2,1H3,(H,21,24). The van der Waals surface area contributed by atoms with E-state index in [1.165, 1.54) is 0 Å². The van der Waals surface area contributed by atoms with E-state index in [0.29, 0.717) is 0 Å². The van der Waals surface area contributed by atoms with Gasteiger partial charge in [-0.15, -0.1) is 0 Å². The average Bonchev–Trinajstić information content (AvgIpc) is 2.63. The van der Waals surface area contributed by atoms with E-state index in [2.05, 4.69) is 26.2 Å². The van der Waals surface area contributed by atoms with Crippen molar-refractivity contribution in [2.24, 2.45) is 0 Å². The highest BCUT2D eigenvalue weighted by molar-refractivity contribution is 5.94. The van der Waals surface area contributed by atoms with Gasteiger partial charge in [-0.2, -0.15) is 0 Å². The van der Waals surface area contributed by atoms with E-state index in [1.54, 1.807) is 0 Å². The van der Waals surface area contributed by atoms with Crippen molar-refractivity contribution in [2.45, 2.75) is 19.5 Å². The third kappa shape index (κ3) is 4.40. The molecule has 0 aliphatic carbocycles. The number of pyridine rings is 1. The minimum atomic E-state index is -0.123. The molecule has 5 nitrogen and oxygen atoms in total. The normalized spacial score (nSPS) is 17.4. The molecule has 1 aliphatic rings. The Hall–Kier alpha value is -2.24. The lowest BCUT2D eigenvalue weighted by Crippen LogP contribution is -2.52. The molecule has 1 unspecified atom stereocenters. The monoisotopic (exact) mass is 324 g/mol. The Labute approximate surface area is 143 Å². The van der Waals surface area contributed by atoms with Crippen LogP contribution in [0.15, 0.2) is 54.7 Å². The highest BCUT2D eigenvalue weighted by Crippen LogP contribution is 2.12. The molecule has 3 rings (SSSR count). The molecule has 126 valence electrons. The lowest BCUT2D eigenvalue weighted by molar-refractivity contribution is -0.121. The van der Waals surface area contributed by atoms with E-state index in [9.17, 15) is 4.79 Å². The Kier molecular flexibility index (Phi) is 5.56. The second-order valence-electron chi connectivity index (χ2n) is 6.16. The second-order valence-corrected chi connectivity index (χ2v) is 6.16. The first-order valence-electron chi connectivity index (χ1n) is 8.44. The number of carbonyl (C=O) groups excluding carboxylic acids is 1. The van der Waals surface area contributed by atoms with Gasteiger partial charge in [-0.05, 0) is 31.2 Å². The number of rotatable bonds is 5. The van der Waals surface area contributed by atoms with Gasteiger partial charge in [0.1, 0.15) is 0 Å². The number of carbonyl (C=O) groups is 1. The van der Waals surface area contributed by atoms with Crippen molar-refractivity contribution in [1.82, 2.24) is 14.8 Å². The van der Waals surface area contributed by atoms with Crippen molar-refractivity contribution >= 4 is 11.6 Å². The Morgan fingerprint density at radius 2 is 1.79 bits per heavy atom. The molecule has 0 bridgehead atoms. The van der Waals surface area contributed by atoms with Gasteiger partial charge >= 0.3 is 0 Å². The summed E-state index contributed by atoms with van der Waals surface area (Å²) >= 11 is 0. The highest BCUT2D eigenvalue weighted by Gasteiger charge is 2.25. The van der Waals surface area contributed by atoms with Gasteiger partial charge in [-0.1, -0.05) is 24.3 Å². The van der Waals surface area contributed by atoms with Crippen LogP contribution in [0.25, 0.3) is 0 Å². The van der Waals surface area contributed by atoms with Crippen LogP contribution in [-0.2, 0) is 11.3 Å². The van der Waals surface area contributed by atoms with E-state index in [4.69, 9.17) is 0 Å². The second kappa shape index (κ2) is 8.04. The molecule has 1 N–H and O–H groups in total. The van der Waals surface area contributed by atoms with Gasteiger partial charge < -0.3 is 5.32 Å². The molecular weight excluding hydrogens is 300 g/mol. The van der Waals surface area contributed by atoms with E-state index >= 15 is 0 Å². The largest absolute Gasteiger partial charge is 0.325 e. The van der Waals surface area contributed by atoms with Crippen molar-refractivity contribution in [3.8, 4) is 0 Å². The smallest absolute Gasteiger partial charge is 0.241 e. The predicted molar refractivity (Wildman–Crippen MR) is 95.6 cm³/mol. The van der Waals surface area contributed by atoms with Crippen molar-refractivity contribution in [3.05, 3.63) is 60.4 Å². The maximum Gasteiger partial charge on any atom is 0.241 e. The number of hydrogen-bond donors (Lipinski definition) is 1. The van der Waals surface area contributed by atoms with Crippen LogP contribution < -0.4 is 5.32 Å². The Morgan fingerprint density at radius 3 is 2.46 bits per heavy atom. The summed E-state index contributed by atoms with van der Waals surface area (Å²) in [7, 11) is 0. The first-order valence-corrected chi connectivity index (χ1v) is 8.44. The zero-order valence-electron chi connectivity index (χ0n) is 14.1. The SMILES string of the molecule is CC(C(=O)Nc1ccccc1)N1CCN(Cc2ccccn2)CC1. The summed E-state index contributed by atoms with van der Waals surface area (Å²) < 4.78 is 0. The number of amides is 1. The first kappa shape index (κ1) is 16.6. The Bertz CT molecular complexity index is 639. The molecule has 0 saturated carbocycles. The fourth-order valence-corrected chi connectivity index (χ4v) is 2.96. The lowest BCUT2D eigenvalue weighted by Gasteiger charge is -2.37. The fraction of sp³-hybridized carbons (Fsp3) is 0.368. The van der Waals surface area contributed by atoms with Crippen molar-refractivity contribution < 1.29 is 4.79 Å². The minimum Gasteiger partial charge on any atom is -0.325 e. The van der Waals surface area contributed by atoms with Gasteiger partial charge in [-0.3, -0.25) is 19.6 Å². The van der Waals surface area contributed by atoms with E-state index in [0.717, 1.165) is 44.1 Å². The third-order valence-corrected chi connectivity index (χ3v) is 4.49. The maximum atomic E-state index is 12.4. The van der Waals surface area contributed by atoms with Crippen LogP contribution in [0.3, 0.4) is 0 Å². The van der Waals surface area contributed by atoms with Crippen LogP contribution in [0.5, 0.6) is 0 Å². The molecule has 0 radical (unpaired) electrons. The van der Waals surface area contributed by atoms with Gasteiger partial charge in [0.05, 0.1) is 11.7 Å². The zero-order chi connectivity index (χ0) is 16.8. The van der Waals surface area contributed by atoms with Crippen LogP contribution >= 0.6 is 0 Å². The summed E-state index contributed by atoms with van der Waals surface area (Å²) in [6.07, 6.45) is 1.83. The fourth-order valence-electron chi connectivity index (χ4n) is 2.96. The number of anilines is 1. The van der Waals surface area contributed by atoms with Crippen molar-refractivity contribution in [3.63, 3.8) is 0 Å². The molecule has 1 aromatic carbocycles. The molecule has 24 heavy (non-hydrogen) atoms. The molecule has 2 aromatic rings. The van der Waals surface area contributed by atoms with Gasteiger partial charge in [0, 0.05) is 44.6 Å².